The number of carbonyl (C=O) groups excluding carboxylic acids is 2. The van der Waals surface area contributed by atoms with Crippen molar-refractivity contribution in [2.45, 2.75) is 63.4 Å². The van der Waals surface area contributed by atoms with Gasteiger partial charge in [0, 0.05) is 22.3 Å². The van der Waals surface area contributed by atoms with Crippen molar-refractivity contribution in [2.24, 2.45) is 34.5 Å². The summed E-state index contributed by atoms with van der Waals surface area (Å²) in [5.74, 6) is 0.128. The number of thioether (sulfide) groups is 1. The van der Waals surface area contributed by atoms with Gasteiger partial charge in [0.05, 0.1) is 11.9 Å². The molecule has 1 aromatic heterocycles. The second kappa shape index (κ2) is 9.00. The first-order valence-corrected chi connectivity index (χ1v) is 14.5. The Balaban J connectivity index is 1.23. The van der Waals surface area contributed by atoms with Gasteiger partial charge in [-0.05, 0) is 67.7 Å². The fourth-order valence-corrected chi connectivity index (χ4v) is 9.17. The first-order chi connectivity index (χ1) is 18.1. The van der Waals surface area contributed by atoms with Gasteiger partial charge in [-0.15, -0.1) is 10.2 Å². The maximum absolute atomic E-state index is 13.8. The molecule has 4 aliphatic carbocycles. The molecule has 6 rings (SSSR count). The first kappa shape index (κ1) is 25.7. The molecular weight excluding hydrogens is 500 g/mol. The Kier molecular flexibility index (Phi) is 6.09. The fraction of sp³-hybridized carbons (Fsp3) is 0.533. The zero-order valence-corrected chi connectivity index (χ0v) is 22.8. The Morgan fingerprint density at radius 1 is 1.21 bits per heavy atom. The molecule has 0 radical (unpaired) electrons. The van der Waals surface area contributed by atoms with Crippen molar-refractivity contribution < 1.29 is 24.2 Å². The fourth-order valence-electron chi connectivity index (χ4n) is 8.46. The highest BCUT2D eigenvalue weighted by Gasteiger charge is 2.70. The van der Waals surface area contributed by atoms with E-state index in [1.165, 1.54) is 0 Å². The molecule has 3 saturated carbocycles. The largest absolute Gasteiger partial charge is 0.411 e. The van der Waals surface area contributed by atoms with Crippen LogP contribution >= 0.6 is 11.8 Å². The summed E-state index contributed by atoms with van der Waals surface area (Å²) < 4.78 is 5.76. The molecule has 0 bridgehead atoms. The molecule has 0 unspecified atom stereocenters. The van der Waals surface area contributed by atoms with Crippen LogP contribution in [0.4, 0.5) is 0 Å². The molecule has 0 saturated heterocycles. The topological polar surface area (TPSA) is 114 Å². The van der Waals surface area contributed by atoms with Gasteiger partial charge in [0.15, 0.2) is 11.6 Å². The van der Waals surface area contributed by atoms with Crippen LogP contribution in [0.15, 0.2) is 63.8 Å². The van der Waals surface area contributed by atoms with Gasteiger partial charge < -0.3 is 14.6 Å². The molecule has 8 heteroatoms. The lowest BCUT2D eigenvalue weighted by molar-refractivity contribution is -0.179. The molecule has 0 amide bonds. The van der Waals surface area contributed by atoms with E-state index in [-0.39, 0.29) is 51.6 Å². The number of allylic oxidation sites excluding steroid dienone is 4. The molecule has 1 heterocycles. The number of fused-ring (bicyclic) bond motifs is 5. The predicted octanol–water partition coefficient (Wildman–Crippen LogP) is 4.65. The lowest BCUT2D eigenvalue weighted by Crippen LogP contribution is -2.62. The third-order valence-electron chi connectivity index (χ3n) is 10.3. The van der Waals surface area contributed by atoms with E-state index in [1.54, 1.807) is 12.2 Å². The van der Waals surface area contributed by atoms with E-state index in [1.807, 2.05) is 50.3 Å². The van der Waals surface area contributed by atoms with E-state index in [2.05, 4.69) is 17.1 Å². The number of Topliss-reactive ketones (excluding diaryl/α,β-unsaturated/α-hetero) is 1. The van der Waals surface area contributed by atoms with Crippen LogP contribution in [0.3, 0.4) is 0 Å². The lowest BCUT2D eigenvalue weighted by Gasteiger charge is -2.59. The molecule has 0 spiro atoms. The molecular formula is C30H34N2O5S. The van der Waals surface area contributed by atoms with Crippen LogP contribution in [0.5, 0.6) is 0 Å². The summed E-state index contributed by atoms with van der Waals surface area (Å²) in [6, 6.07) is 9.45. The van der Waals surface area contributed by atoms with Gasteiger partial charge in [-0.3, -0.25) is 9.59 Å². The van der Waals surface area contributed by atoms with Crippen LogP contribution in [0.1, 0.15) is 46.5 Å². The highest BCUT2D eigenvalue weighted by atomic mass is 32.2. The number of ketones is 2. The summed E-state index contributed by atoms with van der Waals surface area (Å²) in [5, 5.41) is 32.2. The van der Waals surface area contributed by atoms with Crippen LogP contribution in [0, 0.1) is 34.5 Å². The molecule has 2 aromatic rings. The zero-order chi connectivity index (χ0) is 26.9. The first-order valence-electron chi connectivity index (χ1n) is 13.5. The SMILES string of the molecule is C[C@@H]1C[C@H]2[C@@H]3CCC4=CC(=O)C=C[C@]4(C)[C@H]3[C@@H](O)C[C@]2(C)[C@@]1(O)C(=O)CSc1nnc(-c2ccccc2)o1. The summed E-state index contributed by atoms with van der Waals surface area (Å²) in [6.45, 7) is 6.09. The number of benzene rings is 1. The maximum atomic E-state index is 13.8. The average Bonchev–Trinajstić information content (AvgIpc) is 3.45. The second-order valence-electron chi connectivity index (χ2n) is 12.1. The van der Waals surface area contributed by atoms with Gasteiger partial charge in [-0.25, -0.2) is 0 Å². The van der Waals surface area contributed by atoms with Gasteiger partial charge in [0.25, 0.3) is 5.22 Å². The summed E-state index contributed by atoms with van der Waals surface area (Å²) in [6.07, 6.45) is 7.38. The maximum Gasteiger partial charge on any atom is 0.277 e. The number of hydrogen-bond acceptors (Lipinski definition) is 8. The van der Waals surface area contributed by atoms with E-state index in [0.717, 1.165) is 42.2 Å². The number of aliphatic hydroxyl groups is 2. The highest BCUT2D eigenvalue weighted by Crippen LogP contribution is 2.68. The third-order valence-corrected chi connectivity index (χ3v) is 11.1. The van der Waals surface area contributed by atoms with Crippen LogP contribution in [-0.2, 0) is 9.59 Å². The minimum Gasteiger partial charge on any atom is -0.411 e. The molecule has 8 atom stereocenters. The molecule has 4 aliphatic rings. The Morgan fingerprint density at radius 3 is 2.74 bits per heavy atom. The molecule has 2 N–H and O–H groups in total. The smallest absolute Gasteiger partial charge is 0.277 e. The molecule has 0 aliphatic heterocycles. The number of rotatable bonds is 5. The van der Waals surface area contributed by atoms with Crippen LogP contribution in [0.25, 0.3) is 11.5 Å². The molecule has 1 aromatic carbocycles. The highest BCUT2D eigenvalue weighted by molar-refractivity contribution is 7.99. The Bertz CT molecular complexity index is 1340. The summed E-state index contributed by atoms with van der Waals surface area (Å²) >= 11 is 1.15. The van der Waals surface area contributed by atoms with Crippen molar-refractivity contribution in [3.05, 3.63) is 54.1 Å². The Hall–Kier alpha value is -2.55. The lowest BCUT2D eigenvalue weighted by atomic mass is 9.46. The van der Waals surface area contributed by atoms with Crippen molar-refractivity contribution in [2.75, 3.05) is 5.75 Å². The van der Waals surface area contributed by atoms with Crippen molar-refractivity contribution in [3.8, 4) is 11.5 Å². The van der Waals surface area contributed by atoms with Gasteiger partial charge in [-0.1, -0.05) is 62.4 Å². The van der Waals surface area contributed by atoms with E-state index in [9.17, 15) is 19.8 Å². The number of aromatic nitrogens is 2. The summed E-state index contributed by atoms with van der Waals surface area (Å²) in [4.78, 5) is 25.8. The quantitative estimate of drug-likeness (QED) is 0.533. The van der Waals surface area contributed by atoms with Gasteiger partial charge >= 0.3 is 0 Å². The molecule has 7 nitrogen and oxygen atoms in total. The number of nitrogens with zero attached hydrogens (tertiary/aromatic N) is 2. The van der Waals surface area contributed by atoms with E-state index >= 15 is 0 Å². The van der Waals surface area contributed by atoms with Crippen molar-refractivity contribution in [1.29, 1.82) is 0 Å². The van der Waals surface area contributed by atoms with Crippen molar-refractivity contribution in [3.63, 3.8) is 0 Å². The van der Waals surface area contributed by atoms with Crippen LogP contribution in [0.2, 0.25) is 0 Å². The van der Waals surface area contributed by atoms with Crippen LogP contribution in [-0.4, -0.2) is 49.4 Å². The number of aliphatic hydroxyl groups excluding tert-OH is 1. The average molecular weight is 535 g/mol. The molecule has 3 fully saturated rings. The number of hydrogen-bond donors (Lipinski definition) is 2. The zero-order valence-electron chi connectivity index (χ0n) is 22.0. The van der Waals surface area contributed by atoms with E-state index < -0.39 is 17.1 Å². The van der Waals surface area contributed by atoms with E-state index in [4.69, 9.17) is 4.42 Å². The number of carbonyl (C=O) groups is 2. The van der Waals surface area contributed by atoms with Crippen LogP contribution < -0.4 is 0 Å². The predicted molar refractivity (Wildman–Crippen MR) is 143 cm³/mol. The Morgan fingerprint density at radius 2 is 1.97 bits per heavy atom. The van der Waals surface area contributed by atoms with Gasteiger partial charge in [0.2, 0.25) is 5.89 Å². The molecule has 200 valence electrons. The normalized spacial score (nSPS) is 39.8. The van der Waals surface area contributed by atoms with Gasteiger partial charge in [0.1, 0.15) is 5.60 Å². The second-order valence-corrected chi connectivity index (χ2v) is 13.0. The minimum absolute atomic E-state index is 0.00941. The van der Waals surface area contributed by atoms with Crippen molar-refractivity contribution in [1.82, 2.24) is 10.2 Å². The standard InChI is InChI=1S/C30H34N2O5S/c1-17-13-22-21-10-9-19-14-20(33)11-12-28(19,2)25(21)23(34)15-29(22,3)30(17,36)24(35)16-38-27-32-31-26(37-27)18-7-5-4-6-8-18/h4-8,11-12,14,17,21-23,25,34,36H,9-10,13,15-16H2,1-3H3/t17-,21+,22+,23+,25-,28+,29+,30+/m1/s1. The Labute approximate surface area is 226 Å². The monoisotopic (exact) mass is 534 g/mol. The molecule has 38 heavy (non-hydrogen) atoms. The minimum atomic E-state index is -1.56. The van der Waals surface area contributed by atoms with Crippen molar-refractivity contribution >= 4 is 23.3 Å². The van der Waals surface area contributed by atoms with Gasteiger partial charge in [-0.2, -0.15) is 0 Å². The third kappa shape index (κ3) is 3.63. The summed E-state index contributed by atoms with van der Waals surface area (Å²) in [5.41, 5.74) is -0.791. The summed E-state index contributed by atoms with van der Waals surface area (Å²) in [7, 11) is 0. The van der Waals surface area contributed by atoms with E-state index in [0.29, 0.717) is 12.3 Å².